The van der Waals surface area contributed by atoms with Gasteiger partial charge in [-0.3, -0.25) is 4.79 Å². The molecule has 5 nitrogen and oxygen atoms in total. The largest absolute Gasteiger partial charge is 0.350 e. The van der Waals surface area contributed by atoms with E-state index in [0.717, 1.165) is 25.2 Å². The van der Waals surface area contributed by atoms with E-state index in [0.29, 0.717) is 18.2 Å². The molecule has 0 unspecified atom stereocenters. The van der Waals surface area contributed by atoms with Gasteiger partial charge in [-0.15, -0.1) is 0 Å². The molecule has 1 fully saturated rings. The molecule has 0 spiro atoms. The fraction of sp³-hybridized carbons (Fsp3) is 0.304. The first kappa shape index (κ1) is 18.4. The molecule has 2 aromatic carbocycles. The first-order chi connectivity index (χ1) is 13.8. The van der Waals surface area contributed by atoms with E-state index in [1.807, 2.05) is 30.3 Å². The van der Waals surface area contributed by atoms with Gasteiger partial charge < -0.3 is 14.7 Å². The zero-order chi connectivity index (χ0) is 19.2. The van der Waals surface area contributed by atoms with Crippen molar-refractivity contribution in [3.05, 3.63) is 78.1 Å². The third-order valence-electron chi connectivity index (χ3n) is 5.29. The minimum absolute atomic E-state index is 0.216. The van der Waals surface area contributed by atoms with E-state index in [-0.39, 0.29) is 11.7 Å². The smallest absolute Gasteiger partial charge is 0.289 e. The third-order valence-corrected chi connectivity index (χ3v) is 5.29. The number of likely N-dealkylation sites (tertiary alicyclic amines) is 1. The molecule has 4 rings (SSSR count). The van der Waals surface area contributed by atoms with Gasteiger partial charge in [0, 0.05) is 31.3 Å². The van der Waals surface area contributed by atoms with Crippen LogP contribution in [0.5, 0.6) is 0 Å². The number of rotatable bonds is 6. The van der Waals surface area contributed by atoms with Crippen molar-refractivity contribution in [3.63, 3.8) is 0 Å². The lowest BCUT2D eigenvalue weighted by Gasteiger charge is -2.33. The number of carbonyl (C=O) groups excluding carboxylic acids is 1. The van der Waals surface area contributed by atoms with E-state index in [1.165, 1.54) is 18.4 Å². The Morgan fingerprint density at radius 1 is 1.11 bits per heavy atom. The van der Waals surface area contributed by atoms with Crippen molar-refractivity contribution in [2.24, 2.45) is 0 Å². The molecule has 144 valence electrons. The Kier molecular flexibility index (Phi) is 5.83. The Morgan fingerprint density at radius 3 is 2.64 bits per heavy atom. The predicted molar refractivity (Wildman–Crippen MR) is 109 cm³/mol. The number of carbonyl (C=O) groups is 1. The molecular weight excluding hydrogens is 350 g/mol. The first-order valence-corrected chi connectivity index (χ1v) is 9.87. The second-order valence-electron chi connectivity index (χ2n) is 7.25. The molecule has 2 heterocycles. The van der Waals surface area contributed by atoms with Gasteiger partial charge in [0.05, 0.1) is 0 Å². The molecule has 1 atom stereocenters. The fourth-order valence-corrected chi connectivity index (χ4v) is 3.80. The summed E-state index contributed by atoms with van der Waals surface area (Å²) in [7, 11) is 0. The molecule has 5 heteroatoms. The van der Waals surface area contributed by atoms with E-state index in [4.69, 9.17) is 4.52 Å². The molecule has 3 aromatic rings. The molecule has 0 radical (unpaired) electrons. The van der Waals surface area contributed by atoms with Crippen LogP contribution in [0.3, 0.4) is 0 Å². The zero-order valence-corrected chi connectivity index (χ0v) is 15.9. The number of piperidine rings is 1. The van der Waals surface area contributed by atoms with Gasteiger partial charge in [-0.2, -0.15) is 0 Å². The van der Waals surface area contributed by atoms with E-state index in [2.05, 4.69) is 45.7 Å². The maximum atomic E-state index is 12.4. The number of amides is 1. The van der Waals surface area contributed by atoms with Gasteiger partial charge in [-0.05, 0) is 30.9 Å². The molecule has 28 heavy (non-hydrogen) atoms. The molecule has 0 saturated carbocycles. The van der Waals surface area contributed by atoms with E-state index in [9.17, 15) is 4.79 Å². The SMILES string of the molecule is O=C(NCCN1CCC[C@@H](c2ccccc2)C1)c1cc(-c2ccccc2)no1. The topological polar surface area (TPSA) is 58.4 Å². The van der Waals surface area contributed by atoms with Crippen molar-refractivity contribution < 1.29 is 9.32 Å². The third kappa shape index (κ3) is 4.49. The van der Waals surface area contributed by atoms with Crippen LogP contribution in [0.4, 0.5) is 0 Å². The zero-order valence-electron chi connectivity index (χ0n) is 15.9. The highest BCUT2D eigenvalue weighted by Crippen LogP contribution is 2.26. The molecule has 1 saturated heterocycles. The van der Waals surface area contributed by atoms with Gasteiger partial charge in [0.15, 0.2) is 0 Å². The van der Waals surface area contributed by atoms with Crippen LogP contribution in [0.1, 0.15) is 34.9 Å². The van der Waals surface area contributed by atoms with Gasteiger partial charge in [0.1, 0.15) is 5.69 Å². The maximum absolute atomic E-state index is 12.4. The summed E-state index contributed by atoms with van der Waals surface area (Å²) >= 11 is 0. The summed E-state index contributed by atoms with van der Waals surface area (Å²) in [4.78, 5) is 14.8. The molecule has 1 N–H and O–H groups in total. The number of benzene rings is 2. The molecular formula is C23H25N3O2. The monoisotopic (exact) mass is 375 g/mol. The molecule has 0 bridgehead atoms. The van der Waals surface area contributed by atoms with Crippen LogP contribution in [0, 0.1) is 0 Å². The van der Waals surface area contributed by atoms with Crippen LogP contribution in [0.15, 0.2) is 71.3 Å². The van der Waals surface area contributed by atoms with Crippen LogP contribution >= 0.6 is 0 Å². The van der Waals surface area contributed by atoms with Gasteiger partial charge in [-0.25, -0.2) is 0 Å². The van der Waals surface area contributed by atoms with Crippen molar-refractivity contribution in [1.29, 1.82) is 0 Å². The molecule has 0 aliphatic carbocycles. The lowest BCUT2D eigenvalue weighted by atomic mass is 9.91. The van der Waals surface area contributed by atoms with Gasteiger partial charge in [0.2, 0.25) is 5.76 Å². The molecule has 1 aliphatic rings. The highest BCUT2D eigenvalue weighted by Gasteiger charge is 2.21. The Morgan fingerprint density at radius 2 is 1.86 bits per heavy atom. The average molecular weight is 375 g/mol. The minimum atomic E-state index is -0.216. The van der Waals surface area contributed by atoms with Crippen LogP contribution in [0.2, 0.25) is 0 Å². The normalized spacial score (nSPS) is 17.4. The van der Waals surface area contributed by atoms with Crippen LogP contribution in [0.25, 0.3) is 11.3 Å². The maximum Gasteiger partial charge on any atom is 0.289 e. The summed E-state index contributed by atoms with van der Waals surface area (Å²) in [6, 6.07) is 22.1. The number of nitrogens with zero attached hydrogens (tertiary/aromatic N) is 2. The van der Waals surface area contributed by atoms with Crippen molar-refractivity contribution in [2.45, 2.75) is 18.8 Å². The van der Waals surface area contributed by atoms with E-state index >= 15 is 0 Å². The predicted octanol–water partition coefficient (Wildman–Crippen LogP) is 3.95. The van der Waals surface area contributed by atoms with Gasteiger partial charge in [-0.1, -0.05) is 65.8 Å². The van der Waals surface area contributed by atoms with Crippen molar-refractivity contribution in [1.82, 2.24) is 15.4 Å². The molecule has 1 amide bonds. The van der Waals surface area contributed by atoms with Crippen molar-refractivity contribution in [3.8, 4) is 11.3 Å². The Balaban J connectivity index is 1.27. The Hall–Kier alpha value is -2.92. The summed E-state index contributed by atoms with van der Waals surface area (Å²) in [5.74, 6) is 0.610. The van der Waals surface area contributed by atoms with Crippen LogP contribution in [-0.2, 0) is 0 Å². The fourth-order valence-electron chi connectivity index (χ4n) is 3.80. The highest BCUT2D eigenvalue weighted by atomic mass is 16.5. The minimum Gasteiger partial charge on any atom is -0.350 e. The Bertz CT molecular complexity index is 892. The first-order valence-electron chi connectivity index (χ1n) is 9.87. The highest BCUT2D eigenvalue weighted by molar-refractivity contribution is 5.92. The second kappa shape index (κ2) is 8.85. The lowest BCUT2D eigenvalue weighted by Crippen LogP contribution is -2.40. The summed E-state index contributed by atoms with van der Waals surface area (Å²) in [6.45, 7) is 3.57. The molecule has 1 aromatic heterocycles. The van der Waals surface area contributed by atoms with Gasteiger partial charge in [0.25, 0.3) is 5.91 Å². The summed E-state index contributed by atoms with van der Waals surface area (Å²) in [5, 5.41) is 6.95. The van der Waals surface area contributed by atoms with Gasteiger partial charge >= 0.3 is 0 Å². The lowest BCUT2D eigenvalue weighted by molar-refractivity contribution is 0.0909. The molecule has 1 aliphatic heterocycles. The quantitative estimate of drug-likeness (QED) is 0.709. The number of nitrogens with one attached hydrogen (secondary N) is 1. The standard InChI is InChI=1S/C23H25N3O2/c27-23(22-16-21(25-28-22)19-10-5-2-6-11-19)24-13-15-26-14-7-12-20(17-26)18-8-3-1-4-9-18/h1-6,8-11,16,20H,7,12-15,17H2,(H,24,27)/t20-/m1/s1. The van der Waals surface area contributed by atoms with Crippen LogP contribution < -0.4 is 5.32 Å². The van der Waals surface area contributed by atoms with Crippen molar-refractivity contribution in [2.75, 3.05) is 26.2 Å². The Labute approximate surface area is 165 Å². The van der Waals surface area contributed by atoms with E-state index < -0.39 is 0 Å². The number of aromatic nitrogens is 1. The average Bonchev–Trinajstić information content (AvgIpc) is 3.26. The van der Waals surface area contributed by atoms with E-state index in [1.54, 1.807) is 6.07 Å². The summed E-state index contributed by atoms with van der Waals surface area (Å²) in [6.07, 6.45) is 2.42. The summed E-state index contributed by atoms with van der Waals surface area (Å²) < 4.78 is 5.22. The number of hydrogen-bond acceptors (Lipinski definition) is 4. The number of hydrogen-bond donors (Lipinski definition) is 1. The van der Waals surface area contributed by atoms with Crippen molar-refractivity contribution >= 4 is 5.91 Å². The second-order valence-corrected chi connectivity index (χ2v) is 7.25. The summed E-state index contributed by atoms with van der Waals surface area (Å²) in [5.41, 5.74) is 3.02. The van der Waals surface area contributed by atoms with Crippen LogP contribution in [-0.4, -0.2) is 42.1 Å².